The fourth-order valence-electron chi connectivity index (χ4n) is 2.26. The van der Waals surface area contributed by atoms with Crippen LogP contribution < -0.4 is 5.73 Å². The lowest BCUT2D eigenvalue weighted by molar-refractivity contribution is 0.0570. The first kappa shape index (κ1) is 12.8. The number of rotatable bonds is 2. The summed E-state index contributed by atoms with van der Waals surface area (Å²) < 4.78 is 5.47. The Morgan fingerprint density at radius 3 is 2.83 bits per heavy atom. The molecule has 98 valence electrons. The molecule has 0 spiro atoms. The van der Waals surface area contributed by atoms with E-state index in [0.29, 0.717) is 18.0 Å². The molecule has 2 unspecified atom stereocenters. The normalized spacial score (nSPS) is 23.1. The van der Waals surface area contributed by atoms with Crippen molar-refractivity contribution in [2.24, 2.45) is 0 Å². The number of amides is 1. The zero-order chi connectivity index (χ0) is 13.3. The third kappa shape index (κ3) is 2.43. The van der Waals surface area contributed by atoms with Crippen LogP contribution >= 0.6 is 0 Å². The van der Waals surface area contributed by atoms with E-state index in [2.05, 4.69) is 9.97 Å². The molecule has 1 aliphatic heterocycles. The van der Waals surface area contributed by atoms with Crippen molar-refractivity contribution in [3.8, 4) is 0 Å². The Kier molecular flexibility index (Phi) is 3.47. The van der Waals surface area contributed by atoms with Crippen LogP contribution in [0, 0.1) is 6.92 Å². The van der Waals surface area contributed by atoms with Gasteiger partial charge in [0.05, 0.1) is 12.1 Å². The fraction of sp³-hybridized carbons (Fsp3) is 0.583. The number of nitrogens with two attached hydrogens (primary N) is 1. The van der Waals surface area contributed by atoms with E-state index in [1.165, 1.54) is 0 Å². The third-order valence-corrected chi connectivity index (χ3v) is 3.24. The van der Waals surface area contributed by atoms with Gasteiger partial charge < -0.3 is 15.4 Å². The molecule has 0 saturated carbocycles. The van der Waals surface area contributed by atoms with Crippen LogP contribution in [0.2, 0.25) is 0 Å². The monoisotopic (exact) mass is 250 g/mol. The molecule has 1 aromatic rings. The molecule has 0 aliphatic carbocycles. The van der Waals surface area contributed by atoms with Gasteiger partial charge in [0.1, 0.15) is 5.69 Å². The van der Waals surface area contributed by atoms with E-state index >= 15 is 0 Å². The van der Waals surface area contributed by atoms with Gasteiger partial charge in [-0.15, -0.1) is 0 Å². The number of nitrogen functional groups attached to an aromatic ring is 1. The van der Waals surface area contributed by atoms with Crippen LogP contribution in [0.1, 0.15) is 29.5 Å². The Morgan fingerprint density at radius 2 is 2.28 bits per heavy atom. The number of aryl methyl sites for hydroxylation is 1. The Bertz CT molecular complexity index is 443. The van der Waals surface area contributed by atoms with Gasteiger partial charge >= 0.3 is 0 Å². The number of nitrogens with zero attached hydrogens (tertiary/aromatic N) is 3. The van der Waals surface area contributed by atoms with Crippen molar-refractivity contribution in [1.82, 2.24) is 14.9 Å². The molecule has 1 amide bonds. The highest BCUT2D eigenvalue weighted by atomic mass is 16.5. The molecule has 6 nitrogen and oxygen atoms in total. The molecule has 0 aromatic carbocycles. The molecule has 1 aliphatic rings. The first-order valence-corrected chi connectivity index (χ1v) is 5.99. The number of aromatic nitrogens is 2. The molecule has 1 fully saturated rings. The average molecular weight is 250 g/mol. The number of carbonyl (C=O) groups excluding carboxylic acids is 1. The van der Waals surface area contributed by atoms with Crippen molar-refractivity contribution < 1.29 is 9.53 Å². The predicted molar refractivity (Wildman–Crippen MR) is 67.1 cm³/mol. The molecular weight excluding hydrogens is 232 g/mol. The Balaban J connectivity index is 2.19. The number of anilines is 1. The van der Waals surface area contributed by atoms with E-state index in [4.69, 9.17) is 10.5 Å². The van der Waals surface area contributed by atoms with Crippen LogP contribution in [0.15, 0.2) is 6.07 Å². The Hall–Kier alpha value is -1.69. The van der Waals surface area contributed by atoms with Crippen molar-refractivity contribution in [3.63, 3.8) is 0 Å². The van der Waals surface area contributed by atoms with E-state index in [0.717, 1.165) is 6.42 Å². The van der Waals surface area contributed by atoms with Gasteiger partial charge in [0, 0.05) is 19.3 Å². The van der Waals surface area contributed by atoms with Crippen molar-refractivity contribution in [2.45, 2.75) is 32.4 Å². The first-order valence-electron chi connectivity index (χ1n) is 5.99. The summed E-state index contributed by atoms with van der Waals surface area (Å²) in [5, 5.41) is 0. The summed E-state index contributed by atoms with van der Waals surface area (Å²) in [7, 11) is 1.77. The Morgan fingerprint density at radius 1 is 1.56 bits per heavy atom. The molecule has 18 heavy (non-hydrogen) atoms. The van der Waals surface area contributed by atoms with Gasteiger partial charge in [-0.2, -0.15) is 0 Å². The summed E-state index contributed by atoms with van der Waals surface area (Å²) in [5.74, 6) is -0.0166. The molecule has 6 heteroatoms. The summed E-state index contributed by atoms with van der Waals surface area (Å²) in [6.07, 6.45) is 0.905. The molecular formula is C12H18N4O2. The highest BCUT2D eigenvalue weighted by Gasteiger charge is 2.31. The van der Waals surface area contributed by atoms with E-state index in [1.54, 1.807) is 24.9 Å². The summed E-state index contributed by atoms with van der Waals surface area (Å²) in [6, 6.07) is 1.74. The van der Waals surface area contributed by atoms with Crippen molar-refractivity contribution in [1.29, 1.82) is 0 Å². The van der Waals surface area contributed by atoms with E-state index in [1.807, 2.05) is 6.92 Å². The maximum atomic E-state index is 12.3. The van der Waals surface area contributed by atoms with Gasteiger partial charge in [-0.1, -0.05) is 0 Å². The van der Waals surface area contributed by atoms with Crippen molar-refractivity contribution >= 4 is 11.9 Å². The molecule has 1 saturated heterocycles. The van der Waals surface area contributed by atoms with Gasteiger partial charge in [-0.05, 0) is 26.3 Å². The fourth-order valence-corrected chi connectivity index (χ4v) is 2.26. The lowest BCUT2D eigenvalue weighted by atomic mass is 10.1. The SMILES string of the molecule is Cc1cc(C(=O)N(C)C2CCOC2C)nc(N)n1. The van der Waals surface area contributed by atoms with E-state index in [9.17, 15) is 4.79 Å². The third-order valence-electron chi connectivity index (χ3n) is 3.24. The summed E-state index contributed by atoms with van der Waals surface area (Å²) in [4.78, 5) is 21.9. The van der Waals surface area contributed by atoms with Gasteiger partial charge in [-0.3, -0.25) is 4.79 Å². The van der Waals surface area contributed by atoms with Crippen LogP contribution in [-0.2, 0) is 4.74 Å². The van der Waals surface area contributed by atoms with Gasteiger partial charge in [0.15, 0.2) is 0 Å². The zero-order valence-corrected chi connectivity index (χ0v) is 10.9. The quantitative estimate of drug-likeness (QED) is 0.832. The number of hydrogen-bond donors (Lipinski definition) is 1. The maximum Gasteiger partial charge on any atom is 0.272 e. The minimum absolute atomic E-state index is 0.0548. The van der Waals surface area contributed by atoms with E-state index in [-0.39, 0.29) is 24.0 Å². The molecule has 2 rings (SSSR count). The molecule has 2 heterocycles. The topological polar surface area (TPSA) is 81.3 Å². The lowest BCUT2D eigenvalue weighted by Crippen LogP contribution is -2.41. The molecule has 1 aromatic heterocycles. The molecule has 2 atom stereocenters. The second-order valence-electron chi connectivity index (χ2n) is 4.60. The van der Waals surface area contributed by atoms with Crippen LogP contribution in [0.5, 0.6) is 0 Å². The van der Waals surface area contributed by atoms with Crippen molar-refractivity contribution in [2.75, 3.05) is 19.4 Å². The standard InChI is InChI=1S/C12H18N4O2/c1-7-6-9(15-12(13)14-7)11(17)16(3)10-4-5-18-8(10)2/h6,8,10H,4-5H2,1-3H3,(H2,13,14,15). The van der Waals surface area contributed by atoms with Gasteiger partial charge in [0.2, 0.25) is 5.95 Å². The first-order chi connectivity index (χ1) is 8.49. The number of hydrogen-bond acceptors (Lipinski definition) is 5. The smallest absolute Gasteiger partial charge is 0.272 e. The van der Waals surface area contributed by atoms with Gasteiger partial charge in [-0.25, -0.2) is 9.97 Å². The number of carbonyl (C=O) groups is 1. The number of ether oxygens (including phenoxy) is 1. The van der Waals surface area contributed by atoms with Crippen molar-refractivity contribution in [3.05, 3.63) is 17.5 Å². The van der Waals surface area contributed by atoms with Crippen LogP contribution in [0.4, 0.5) is 5.95 Å². The minimum Gasteiger partial charge on any atom is -0.376 e. The zero-order valence-electron chi connectivity index (χ0n) is 10.9. The minimum atomic E-state index is -0.144. The lowest BCUT2D eigenvalue weighted by Gasteiger charge is -2.26. The predicted octanol–water partition coefficient (Wildman–Crippen LogP) is 0.617. The molecule has 0 bridgehead atoms. The highest BCUT2D eigenvalue weighted by molar-refractivity contribution is 5.92. The van der Waals surface area contributed by atoms with Gasteiger partial charge in [0.25, 0.3) is 5.91 Å². The van der Waals surface area contributed by atoms with Crippen LogP contribution in [-0.4, -0.2) is 46.6 Å². The summed E-state index contributed by atoms with van der Waals surface area (Å²) in [5.41, 5.74) is 6.59. The molecule has 2 N–H and O–H groups in total. The second-order valence-corrected chi connectivity index (χ2v) is 4.60. The number of likely N-dealkylation sites (N-methyl/N-ethyl adjacent to an activating group) is 1. The average Bonchev–Trinajstić information content (AvgIpc) is 2.72. The Labute approximate surface area is 106 Å². The maximum absolute atomic E-state index is 12.3. The highest BCUT2D eigenvalue weighted by Crippen LogP contribution is 2.19. The molecule has 0 radical (unpaired) electrons. The summed E-state index contributed by atoms with van der Waals surface area (Å²) >= 11 is 0. The second kappa shape index (κ2) is 4.89. The van der Waals surface area contributed by atoms with Crippen LogP contribution in [0.3, 0.4) is 0 Å². The summed E-state index contributed by atoms with van der Waals surface area (Å²) in [6.45, 7) is 4.45. The van der Waals surface area contributed by atoms with E-state index < -0.39 is 0 Å². The largest absolute Gasteiger partial charge is 0.376 e. The van der Waals surface area contributed by atoms with Crippen LogP contribution in [0.25, 0.3) is 0 Å².